The van der Waals surface area contributed by atoms with Crippen molar-refractivity contribution in [1.29, 1.82) is 0 Å². The van der Waals surface area contributed by atoms with E-state index in [1.165, 1.54) is 11.1 Å². The van der Waals surface area contributed by atoms with Gasteiger partial charge >= 0.3 is 12.1 Å². The molecule has 1 aliphatic rings. The van der Waals surface area contributed by atoms with E-state index < -0.39 is 12.1 Å². The van der Waals surface area contributed by atoms with Gasteiger partial charge in [0, 0.05) is 32.3 Å². The number of rotatable bonds is 4. The fourth-order valence-electron chi connectivity index (χ4n) is 3.60. The SMILES string of the molecule is CO[C@@H]1CCN(C(=O)c2ccc(C)cn2)C[C@@H]1Cc1cccc(C)c1.O=C(O)C(F)(F)F. The summed E-state index contributed by atoms with van der Waals surface area (Å²) in [6, 6.07) is 12.3. The van der Waals surface area contributed by atoms with Crippen molar-refractivity contribution in [3.63, 3.8) is 0 Å². The lowest BCUT2D eigenvalue weighted by Gasteiger charge is -2.38. The largest absolute Gasteiger partial charge is 0.490 e. The minimum absolute atomic E-state index is 0.0174. The number of carboxylic acids is 1. The molecule has 32 heavy (non-hydrogen) atoms. The van der Waals surface area contributed by atoms with E-state index in [1.54, 1.807) is 13.3 Å². The molecule has 1 N–H and O–H groups in total. The number of likely N-dealkylation sites (tertiary alicyclic amines) is 1. The lowest BCUT2D eigenvalue weighted by atomic mass is 9.88. The Balaban J connectivity index is 0.000000451. The minimum Gasteiger partial charge on any atom is -0.475 e. The summed E-state index contributed by atoms with van der Waals surface area (Å²) in [4.78, 5) is 27.9. The van der Waals surface area contributed by atoms with Gasteiger partial charge in [-0.25, -0.2) is 4.79 Å². The second-order valence-corrected chi connectivity index (χ2v) is 7.79. The minimum atomic E-state index is -5.08. The number of aromatic nitrogens is 1. The predicted molar refractivity (Wildman–Crippen MR) is 112 cm³/mol. The molecule has 3 rings (SSSR count). The summed E-state index contributed by atoms with van der Waals surface area (Å²) in [6.07, 6.45) is -1.36. The zero-order chi connectivity index (χ0) is 23.9. The van der Waals surface area contributed by atoms with Gasteiger partial charge in [0.05, 0.1) is 6.10 Å². The standard InChI is InChI=1S/C21H26N2O2.C2HF3O2/c1-15-5-4-6-17(11-15)12-18-14-23(10-9-20(18)25-3)21(24)19-8-7-16(2)13-22-19;3-2(4,5)1(6)7/h4-8,11,13,18,20H,9-10,12,14H2,1-3H3;(H,6,7)/t18-,20+;/m0./s1. The van der Waals surface area contributed by atoms with Crippen molar-refractivity contribution in [1.82, 2.24) is 9.88 Å². The van der Waals surface area contributed by atoms with Crippen LogP contribution in [0.1, 0.15) is 33.6 Å². The summed E-state index contributed by atoms with van der Waals surface area (Å²) < 4.78 is 37.4. The first-order valence-electron chi connectivity index (χ1n) is 10.1. The van der Waals surface area contributed by atoms with Crippen LogP contribution in [0.3, 0.4) is 0 Å². The van der Waals surface area contributed by atoms with E-state index in [4.69, 9.17) is 14.6 Å². The molecule has 1 saturated heterocycles. The fourth-order valence-corrected chi connectivity index (χ4v) is 3.60. The number of aryl methyl sites for hydroxylation is 2. The molecule has 2 atom stereocenters. The number of nitrogens with zero attached hydrogens (tertiary/aromatic N) is 2. The van der Waals surface area contributed by atoms with Crippen molar-refractivity contribution in [2.24, 2.45) is 5.92 Å². The van der Waals surface area contributed by atoms with Crippen LogP contribution < -0.4 is 0 Å². The number of hydrogen-bond acceptors (Lipinski definition) is 4. The Morgan fingerprint density at radius 1 is 1.19 bits per heavy atom. The number of aliphatic carboxylic acids is 1. The van der Waals surface area contributed by atoms with Crippen LogP contribution in [-0.4, -0.2) is 59.3 Å². The number of carbonyl (C=O) groups excluding carboxylic acids is 1. The van der Waals surface area contributed by atoms with Crippen molar-refractivity contribution < 1.29 is 32.6 Å². The van der Waals surface area contributed by atoms with Crippen LogP contribution in [0.4, 0.5) is 13.2 Å². The molecule has 0 saturated carbocycles. The van der Waals surface area contributed by atoms with Gasteiger partial charge < -0.3 is 14.7 Å². The number of alkyl halides is 3. The number of carbonyl (C=O) groups is 2. The molecule has 2 aromatic rings. The highest BCUT2D eigenvalue weighted by atomic mass is 19.4. The molecule has 0 unspecified atom stereocenters. The van der Waals surface area contributed by atoms with Gasteiger partial charge in [0.25, 0.3) is 5.91 Å². The van der Waals surface area contributed by atoms with Crippen LogP contribution in [0.2, 0.25) is 0 Å². The maximum absolute atomic E-state index is 12.8. The first-order chi connectivity index (χ1) is 15.0. The van der Waals surface area contributed by atoms with Gasteiger partial charge in [-0.15, -0.1) is 0 Å². The number of methoxy groups -OCH3 is 1. The predicted octanol–water partition coefficient (Wildman–Crippen LogP) is 4.05. The van der Waals surface area contributed by atoms with Crippen LogP contribution in [0, 0.1) is 19.8 Å². The third kappa shape index (κ3) is 7.33. The number of carboxylic acid groups (broad SMARTS) is 1. The van der Waals surface area contributed by atoms with Crippen LogP contribution in [-0.2, 0) is 16.0 Å². The van der Waals surface area contributed by atoms with Gasteiger partial charge in [0.15, 0.2) is 0 Å². The molecule has 6 nitrogen and oxygen atoms in total. The van der Waals surface area contributed by atoms with Crippen molar-refractivity contribution >= 4 is 11.9 Å². The molecular weight excluding hydrogens is 425 g/mol. The number of piperidine rings is 1. The molecule has 0 bridgehead atoms. The lowest BCUT2D eigenvalue weighted by molar-refractivity contribution is -0.192. The summed E-state index contributed by atoms with van der Waals surface area (Å²) in [5.41, 5.74) is 4.15. The highest BCUT2D eigenvalue weighted by molar-refractivity contribution is 5.92. The first kappa shape index (κ1) is 25.3. The molecule has 174 valence electrons. The maximum atomic E-state index is 12.8. The zero-order valence-electron chi connectivity index (χ0n) is 18.2. The second kappa shape index (κ2) is 11.1. The molecule has 1 fully saturated rings. The summed E-state index contributed by atoms with van der Waals surface area (Å²) in [6.45, 7) is 5.51. The van der Waals surface area contributed by atoms with Crippen LogP contribution in [0.25, 0.3) is 0 Å². The summed E-state index contributed by atoms with van der Waals surface area (Å²) in [5.74, 6) is -2.44. The number of amides is 1. The van der Waals surface area contributed by atoms with E-state index in [-0.39, 0.29) is 12.0 Å². The third-order valence-electron chi connectivity index (χ3n) is 5.21. The second-order valence-electron chi connectivity index (χ2n) is 7.79. The Hall–Kier alpha value is -2.94. The number of benzene rings is 1. The highest BCUT2D eigenvalue weighted by Gasteiger charge is 2.38. The normalized spacial score (nSPS) is 18.5. The molecular formula is C23H27F3N2O4. The average Bonchev–Trinajstić information content (AvgIpc) is 2.73. The summed E-state index contributed by atoms with van der Waals surface area (Å²) >= 11 is 0. The van der Waals surface area contributed by atoms with Gasteiger partial charge in [-0.1, -0.05) is 35.9 Å². The van der Waals surface area contributed by atoms with Crippen molar-refractivity contribution in [2.75, 3.05) is 20.2 Å². The molecule has 1 aromatic carbocycles. The van der Waals surface area contributed by atoms with Crippen LogP contribution >= 0.6 is 0 Å². The smallest absolute Gasteiger partial charge is 0.475 e. The Morgan fingerprint density at radius 2 is 1.88 bits per heavy atom. The Labute approximate surface area is 185 Å². The van der Waals surface area contributed by atoms with Gasteiger partial charge in [-0.3, -0.25) is 9.78 Å². The number of ether oxygens (including phenoxy) is 1. The van der Waals surface area contributed by atoms with E-state index in [1.807, 2.05) is 24.0 Å². The van der Waals surface area contributed by atoms with Crippen LogP contribution in [0.15, 0.2) is 42.6 Å². The van der Waals surface area contributed by atoms with E-state index in [0.717, 1.165) is 24.9 Å². The molecule has 2 heterocycles. The molecule has 9 heteroatoms. The monoisotopic (exact) mass is 452 g/mol. The van der Waals surface area contributed by atoms with E-state index in [9.17, 15) is 18.0 Å². The van der Waals surface area contributed by atoms with Gasteiger partial charge in [-0.2, -0.15) is 13.2 Å². The Bertz CT molecular complexity index is 916. The van der Waals surface area contributed by atoms with E-state index >= 15 is 0 Å². The Kier molecular flexibility index (Phi) is 8.77. The molecule has 0 aliphatic carbocycles. The molecule has 1 aliphatic heterocycles. The van der Waals surface area contributed by atoms with Crippen LogP contribution in [0.5, 0.6) is 0 Å². The highest BCUT2D eigenvalue weighted by Crippen LogP contribution is 2.25. The van der Waals surface area contributed by atoms with Gasteiger partial charge in [0.1, 0.15) is 5.69 Å². The van der Waals surface area contributed by atoms with Gasteiger partial charge in [0.2, 0.25) is 0 Å². The van der Waals surface area contributed by atoms with Crippen molar-refractivity contribution in [2.45, 2.75) is 39.0 Å². The maximum Gasteiger partial charge on any atom is 0.490 e. The van der Waals surface area contributed by atoms with Gasteiger partial charge in [-0.05, 0) is 43.9 Å². The van der Waals surface area contributed by atoms with E-state index in [0.29, 0.717) is 18.2 Å². The third-order valence-corrected chi connectivity index (χ3v) is 5.21. The molecule has 1 aromatic heterocycles. The Morgan fingerprint density at radius 3 is 2.41 bits per heavy atom. The fraction of sp³-hybridized carbons (Fsp3) is 0.435. The molecule has 0 radical (unpaired) electrons. The summed E-state index contributed by atoms with van der Waals surface area (Å²) in [7, 11) is 1.77. The average molecular weight is 452 g/mol. The molecule has 0 spiro atoms. The summed E-state index contributed by atoms with van der Waals surface area (Å²) in [5, 5.41) is 7.12. The van der Waals surface area contributed by atoms with Crippen molar-refractivity contribution in [3.05, 3.63) is 65.0 Å². The first-order valence-corrected chi connectivity index (χ1v) is 10.1. The molecule has 1 amide bonds. The topological polar surface area (TPSA) is 79.7 Å². The van der Waals surface area contributed by atoms with Crippen molar-refractivity contribution in [3.8, 4) is 0 Å². The zero-order valence-corrected chi connectivity index (χ0v) is 18.2. The van der Waals surface area contributed by atoms with E-state index in [2.05, 4.69) is 36.2 Å². The number of halogens is 3. The lowest BCUT2D eigenvalue weighted by Crippen LogP contribution is -2.47. The number of hydrogen-bond donors (Lipinski definition) is 1. The quantitative estimate of drug-likeness (QED) is 0.757. The number of pyridine rings is 1.